The largest absolute Gasteiger partial charge is 0.481 e. The minimum Gasteiger partial charge on any atom is -0.481 e. The van der Waals surface area contributed by atoms with Gasteiger partial charge in [0.25, 0.3) is 11.8 Å². The number of fused-ring (bicyclic) bond motifs is 1. The average molecular weight is 396 g/mol. The van der Waals surface area contributed by atoms with Crippen molar-refractivity contribution in [3.8, 4) is 5.75 Å². The molecule has 0 radical (unpaired) electrons. The van der Waals surface area contributed by atoms with E-state index >= 15 is 0 Å². The number of aryl methyl sites for hydroxylation is 1. The van der Waals surface area contributed by atoms with Crippen LogP contribution in [-0.4, -0.2) is 29.5 Å². The molecule has 2 N–H and O–H groups in total. The van der Waals surface area contributed by atoms with Crippen LogP contribution in [0.15, 0.2) is 42.5 Å². The van der Waals surface area contributed by atoms with Gasteiger partial charge >= 0.3 is 5.97 Å². The van der Waals surface area contributed by atoms with E-state index in [0.29, 0.717) is 11.3 Å². The normalized spacial score (nSPS) is 18.8. The van der Waals surface area contributed by atoms with Gasteiger partial charge in [0.1, 0.15) is 5.75 Å². The standard InChI is InChI=1S/C22H24N2O5/c1-13-8-7-11-18(14(13)2)28-15(3)19(25)23-24-21(27)22(4)12-16-9-5-6-10-17(16)20(26)29-22/h5-11,15H,12H2,1-4H3,(H,23,25)(H,24,27). The summed E-state index contributed by atoms with van der Waals surface area (Å²) < 4.78 is 11.1. The smallest absolute Gasteiger partial charge is 0.339 e. The molecular formula is C22H24N2O5. The van der Waals surface area contributed by atoms with Crippen molar-refractivity contribution in [2.45, 2.75) is 45.8 Å². The highest BCUT2D eigenvalue weighted by atomic mass is 16.6. The maximum Gasteiger partial charge on any atom is 0.339 e. The number of carbonyl (C=O) groups is 3. The Kier molecular flexibility index (Phi) is 5.59. The van der Waals surface area contributed by atoms with Gasteiger partial charge in [-0.25, -0.2) is 4.79 Å². The molecule has 2 aromatic rings. The Morgan fingerprint density at radius 3 is 2.59 bits per heavy atom. The molecule has 1 aliphatic rings. The zero-order chi connectivity index (χ0) is 21.2. The molecule has 0 saturated carbocycles. The van der Waals surface area contributed by atoms with Gasteiger partial charge in [0.15, 0.2) is 11.7 Å². The number of cyclic esters (lactones) is 1. The van der Waals surface area contributed by atoms with Crippen molar-refractivity contribution >= 4 is 17.8 Å². The summed E-state index contributed by atoms with van der Waals surface area (Å²) in [6.45, 7) is 6.96. The molecule has 0 fully saturated rings. The summed E-state index contributed by atoms with van der Waals surface area (Å²) in [5, 5.41) is 0. The summed E-state index contributed by atoms with van der Waals surface area (Å²) in [6.07, 6.45) is -0.622. The molecule has 0 saturated heterocycles. The van der Waals surface area contributed by atoms with E-state index in [1.54, 1.807) is 37.3 Å². The summed E-state index contributed by atoms with van der Waals surface area (Å²) in [5.74, 6) is -1.11. The second-order valence-corrected chi connectivity index (χ2v) is 7.36. The van der Waals surface area contributed by atoms with Gasteiger partial charge in [-0.05, 0) is 56.5 Å². The molecule has 2 aromatic carbocycles. The number of hydrazine groups is 1. The average Bonchev–Trinajstić information content (AvgIpc) is 2.69. The van der Waals surface area contributed by atoms with Crippen LogP contribution in [0.1, 0.15) is 40.9 Å². The fraction of sp³-hybridized carbons (Fsp3) is 0.318. The second kappa shape index (κ2) is 7.95. The SMILES string of the molecule is Cc1cccc(OC(C)C(=O)NNC(=O)C2(C)Cc3ccccc3C(=O)O2)c1C. The summed E-state index contributed by atoms with van der Waals surface area (Å²) in [6, 6.07) is 12.6. The van der Waals surface area contributed by atoms with Gasteiger partial charge in [-0.2, -0.15) is 0 Å². The lowest BCUT2D eigenvalue weighted by atomic mass is 9.89. The lowest BCUT2D eigenvalue weighted by Gasteiger charge is -2.33. The van der Waals surface area contributed by atoms with Crippen molar-refractivity contribution < 1.29 is 23.9 Å². The number of amides is 2. The number of benzene rings is 2. The van der Waals surface area contributed by atoms with Crippen LogP contribution in [-0.2, 0) is 20.7 Å². The third-order valence-electron chi connectivity index (χ3n) is 5.09. The number of rotatable bonds is 4. The van der Waals surface area contributed by atoms with E-state index in [9.17, 15) is 14.4 Å². The van der Waals surface area contributed by atoms with E-state index in [2.05, 4.69) is 10.9 Å². The van der Waals surface area contributed by atoms with E-state index in [-0.39, 0.29) is 6.42 Å². The predicted molar refractivity (Wildman–Crippen MR) is 106 cm³/mol. The van der Waals surface area contributed by atoms with E-state index in [4.69, 9.17) is 9.47 Å². The van der Waals surface area contributed by atoms with Gasteiger partial charge in [0.05, 0.1) is 5.56 Å². The molecule has 2 unspecified atom stereocenters. The molecule has 0 aromatic heterocycles. The van der Waals surface area contributed by atoms with E-state index in [1.165, 1.54) is 6.92 Å². The lowest BCUT2D eigenvalue weighted by Crippen LogP contribution is -2.57. The molecule has 3 rings (SSSR count). The molecule has 29 heavy (non-hydrogen) atoms. The first-order chi connectivity index (χ1) is 13.7. The van der Waals surface area contributed by atoms with Gasteiger partial charge in [-0.3, -0.25) is 20.4 Å². The molecule has 7 nitrogen and oxygen atoms in total. The number of hydrogen-bond donors (Lipinski definition) is 2. The monoisotopic (exact) mass is 396 g/mol. The molecule has 7 heteroatoms. The maximum atomic E-state index is 12.6. The Bertz CT molecular complexity index is 971. The Labute approximate surface area is 169 Å². The molecular weight excluding hydrogens is 372 g/mol. The van der Waals surface area contributed by atoms with Crippen LogP contribution in [0.25, 0.3) is 0 Å². The van der Waals surface area contributed by atoms with Crippen LogP contribution in [0.3, 0.4) is 0 Å². The minimum absolute atomic E-state index is 0.213. The van der Waals surface area contributed by atoms with Crippen LogP contribution in [0.4, 0.5) is 0 Å². The summed E-state index contributed by atoms with van der Waals surface area (Å²) >= 11 is 0. The molecule has 1 aliphatic heterocycles. The summed E-state index contributed by atoms with van der Waals surface area (Å²) in [4.78, 5) is 37.2. The van der Waals surface area contributed by atoms with Crippen molar-refractivity contribution in [1.29, 1.82) is 0 Å². The summed E-state index contributed by atoms with van der Waals surface area (Å²) in [7, 11) is 0. The molecule has 152 valence electrons. The number of ether oxygens (including phenoxy) is 2. The van der Waals surface area contributed by atoms with Crippen molar-refractivity contribution in [3.63, 3.8) is 0 Å². The zero-order valence-corrected chi connectivity index (χ0v) is 16.9. The highest BCUT2D eigenvalue weighted by Crippen LogP contribution is 2.28. The van der Waals surface area contributed by atoms with Gasteiger partial charge in [-0.1, -0.05) is 30.3 Å². The number of nitrogens with one attached hydrogen (secondary N) is 2. The molecule has 2 atom stereocenters. The summed E-state index contributed by atoms with van der Waals surface area (Å²) in [5.41, 5.74) is 6.42. The second-order valence-electron chi connectivity index (χ2n) is 7.36. The van der Waals surface area contributed by atoms with Gasteiger partial charge < -0.3 is 9.47 Å². The van der Waals surface area contributed by atoms with Crippen molar-refractivity contribution in [3.05, 3.63) is 64.7 Å². The highest BCUT2D eigenvalue weighted by molar-refractivity contribution is 5.98. The van der Waals surface area contributed by atoms with Gasteiger partial charge in [-0.15, -0.1) is 0 Å². The van der Waals surface area contributed by atoms with Crippen molar-refractivity contribution in [2.75, 3.05) is 0 Å². The van der Waals surface area contributed by atoms with Gasteiger partial charge in [0.2, 0.25) is 0 Å². The predicted octanol–water partition coefficient (Wildman–Crippen LogP) is 2.39. The Hall–Kier alpha value is -3.35. The maximum absolute atomic E-state index is 12.6. The molecule has 0 aliphatic carbocycles. The Morgan fingerprint density at radius 1 is 1.10 bits per heavy atom. The van der Waals surface area contributed by atoms with Crippen LogP contribution in [0.2, 0.25) is 0 Å². The van der Waals surface area contributed by atoms with E-state index in [1.807, 2.05) is 26.0 Å². The van der Waals surface area contributed by atoms with Crippen LogP contribution >= 0.6 is 0 Å². The first-order valence-electron chi connectivity index (χ1n) is 9.35. The fourth-order valence-corrected chi connectivity index (χ4v) is 3.11. The van der Waals surface area contributed by atoms with E-state index < -0.39 is 29.5 Å². The number of carbonyl (C=O) groups excluding carboxylic acids is 3. The van der Waals surface area contributed by atoms with Crippen LogP contribution < -0.4 is 15.6 Å². The zero-order valence-electron chi connectivity index (χ0n) is 16.9. The highest BCUT2D eigenvalue weighted by Gasteiger charge is 2.42. The molecule has 0 bridgehead atoms. The van der Waals surface area contributed by atoms with Crippen LogP contribution in [0, 0.1) is 13.8 Å². The number of esters is 1. The third-order valence-corrected chi connectivity index (χ3v) is 5.09. The third kappa shape index (κ3) is 4.23. The molecule has 0 spiro atoms. The Balaban J connectivity index is 1.60. The number of hydrogen-bond acceptors (Lipinski definition) is 5. The van der Waals surface area contributed by atoms with Gasteiger partial charge in [0, 0.05) is 6.42 Å². The van der Waals surface area contributed by atoms with Crippen molar-refractivity contribution in [2.24, 2.45) is 0 Å². The van der Waals surface area contributed by atoms with Crippen molar-refractivity contribution in [1.82, 2.24) is 10.9 Å². The first-order valence-corrected chi connectivity index (χ1v) is 9.35. The van der Waals surface area contributed by atoms with E-state index in [0.717, 1.165) is 16.7 Å². The quantitative estimate of drug-likeness (QED) is 0.611. The minimum atomic E-state index is -1.42. The van der Waals surface area contributed by atoms with Crippen LogP contribution in [0.5, 0.6) is 5.75 Å². The molecule has 1 heterocycles. The lowest BCUT2D eigenvalue weighted by molar-refractivity contribution is -0.144. The fourth-order valence-electron chi connectivity index (χ4n) is 3.11. The Morgan fingerprint density at radius 2 is 1.83 bits per heavy atom. The molecule has 2 amide bonds. The topological polar surface area (TPSA) is 93.7 Å². The first kappa shape index (κ1) is 20.4.